The van der Waals surface area contributed by atoms with Crippen LogP contribution in [0.3, 0.4) is 0 Å². The van der Waals surface area contributed by atoms with Gasteiger partial charge < -0.3 is 14.0 Å². The van der Waals surface area contributed by atoms with E-state index in [9.17, 15) is 0 Å². The Morgan fingerprint density at radius 3 is 2.77 bits per heavy atom. The smallest absolute Gasteiger partial charge is 0.192 e. The van der Waals surface area contributed by atoms with Crippen LogP contribution in [0.25, 0.3) is 0 Å². The maximum atomic E-state index is 6.05. The SMILES string of the molecule is Cc1ccc(C)c(CSc2nnc(C3COc4ccccc4O3)n2C)c1. The lowest BCUT2D eigenvalue weighted by molar-refractivity contribution is 0.0825. The highest BCUT2D eigenvalue weighted by molar-refractivity contribution is 7.98. The quantitative estimate of drug-likeness (QED) is 0.646. The molecular weight excluding hydrogens is 346 g/mol. The third-order valence-corrected chi connectivity index (χ3v) is 5.60. The highest BCUT2D eigenvalue weighted by Crippen LogP contribution is 2.36. The molecule has 0 spiro atoms. The lowest BCUT2D eigenvalue weighted by Gasteiger charge is -2.25. The minimum Gasteiger partial charge on any atom is -0.485 e. The summed E-state index contributed by atoms with van der Waals surface area (Å²) < 4.78 is 13.8. The number of rotatable bonds is 4. The van der Waals surface area contributed by atoms with Gasteiger partial charge >= 0.3 is 0 Å². The summed E-state index contributed by atoms with van der Waals surface area (Å²) in [6, 6.07) is 14.2. The molecule has 134 valence electrons. The van der Waals surface area contributed by atoms with Crippen molar-refractivity contribution < 1.29 is 9.47 Å². The fourth-order valence-corrected chi connectivity index (χ4v) is 3.96. The van der Waals surface area contributed by atoms with Crippen LogP contribution in [0.5, 0.6) is 11.5 Å². The second kappa shape index (κ2) is 7.03. The number of nitrogens with zero attached hydrogens (tertiary/aromatic N) is 3. The molecule has 1 aliphatic heterocycles. The summed E-state index contributed by atoms with van der Waals surface area (Å²) >= 11 is 1.69. The molecule has 3 aromatic rings. The van der Waals surface area contributed by atoms with Crippen molar-refractivity contribution in [2.75, 3.05) is 6.61 Å². The number of thioether (sulfide) groups is 1. The van der Waals surface area contributed by atoms with Gasteiger partial charge in [0.2, 0.25) is 0 Å². The van der Waals surface area contributed by atoms with Crippen LogP contribution in [0.2, 0.25) is 0 Å². The van der Waals surface area contributed by atoms with E-state index in [1.54, 1.807) is 11.8 Å². The number of hydrogen-bond donors (Lipinski definition) is 0. The van der Waals surface area contributed by atoms with Gasteiger partial charge in [0.1, 0.15) is 6.61 Å². The average molecular weight is 367 g/mol. The lowest BCUT2D eigenvalue weighted by atomic mass is 10.1. The van der Waals surface area contributed by atoms with Gasteiger partial charge in [0.15, 0.2) is 28.6 Å². The summed E-state index contributed by atoms with van der Waals surface area (Å²) in [4.78, 5) is 0. The van der Waals surface area contributed by atoms with Crippen LogP contribution in [0.15, 0.2) is 47.6 Å². The summed E-state index contributed by atoms with van der Waals surface area (Å²) in [6.07, 6.45) is -0.252. The van der Waals surface area contributed by atoms with Crippen molar-refractivity contribution in [3.63, 3.8) is 0 Å². The molecule has 0 amide bonds. The Labute approximate surface area is 157 Å². The van der Waals surface area contributed by atoms with E-state index in [1.807, 2.05) is 35.9 Å². The fourth-order valence-electron chi connectivity index (χ4n) is 2.98. The summed E-state index contributed by atoms with van der Waals surface area (Å²) in [5.74, 6) is 3.17. The summed E-state index contributed by atoms with van der Waals surface area (Å²) in [5, 5.41) is 9.58. The zero-order chi connectivity index (χ0) is 18.1. The molecule has 0 fully saturated rings. The maximum absolute atomic E-state index is 6.05. The van der Waals surface area contributed by atoms with Gasteiger partial charge in [-0.15, -0.1) is 10.2 Å². The van der Waals surface area contributed by atoms with Gasteiger partial charge in [-0.2, -0.15) is 0 Å². The van der Waals surface area contributed by atoms with Gasteiger partial charge in [-0.3, -0.25) is 0 Å². The Kier molecular flexibility index (Phi) is 4.59. The minimum atomic E-state index is -0.252. The third kappa shape index (κ3) is 3.29. The first-order valence-electron chi connectivity index (χ1n) is 8.58. The number of benzene rings is 2. The Balaban J connectivity index is 1.49. The van der Waals surface area contributed by atoms with Crippen LogP contribution in [-0.4, -0.2) is 21.4 Å². The number of para-hydroxylation sites is 2. The second-order valence-corrected chi connectivity index (χ2v) is 7.43. The lowest BCUT2D eigenvalue weighted by Crippen LogP contribution is -2.24. The van der Waals surface area contributed by atoms with Gasteiger partial charge in [-0.1, -0.05) is 47.7 Å². The van der Waals surface area contributed by atoms with E-state index >= 15 is 0 Å². The molecule has 0 saturated heterocycles. The summed E-state index contributed by atoms with van der Waals surface area (Å²) in [5.41, 5.74) is 3.90. The Morgan fingerprint density at radius 2 is 1.92 bits per heavy atom. The molecule has 0 N–H and O–H groups in total. The van der Waals surface area contributed by atoms with E-state index < -0.39 is 0 Å². The standard InChI is InChI=1S/C20H21N3O2S/c1-13-8-9-14(2)15(10-13)12-26-20-22-21-19(23(20)3)18-11-24-16-6-4-5-7-17(16)25-18/h4-10,18H,11-12H2,1-3H3. The van der Waals surface area contributed by atoms with Crippen LogP contribution < -0.4 is 9.47 Å². The molecule has 0 bridgehead atoms. The molecular formula is C20H21N3O2S. The molecule has 2 aromatic carbocycles. The van der Waals surface area contributed by atoms with Crippen molar-refractivity contribution in [1.82, 2.24) is 14.8 Å². The monoisotopic (exact) mass is 367 g/mol. The van der Waals surface area contributed by atoms with Crippen molar-refractivity contribution in [1.29, 1.82) is 0 Å². The van der Waals surface area contributed by atoms with E-state index in [4.69, 9.17) is 9.47 Å². The maximum Gasteiger partial charge on any atom is 0.192 e. The number of hydrogen-bond acceptors (Lipinski definition) is 5. The normalized spacial score (nSPS) is 15.9. The van der Waals surface area contributed by atoms with Crippen LogP contribution in [0.1, 0.15) is 28.6 Å². The van der Waals surface area contributed by atoms with Crippen LogP contribution in [-0.2, 0) is 12.8 Å². The van der Waals surface area contributed by atoms with Crippen molar-refractivity contribution in [3.8, 4) is 11.5 Å². The van der Waals surface area contributed by atoms with Crippen LogP contribution in [0.4, 0.5) is 0 Å². The molecule has 6 heteroatoms. The van der Waals surface area contributed by atoms with E-state index in [2.05, 4.69) is 42.2 Å². The van der Waals surface area contributed by atoms with E-state index in [1.165, 1.54) is 16.7 Å². The first kappa shape index (κ1) is 17.0. The molecule has 4 rings (SSSR count). The summed E-state index contributed by atoms with van der Waals surface area (Å²) in [7, 11) is 1.98. The molecule has 0 aliphatic carbocycles. The number of aromatic nitrogens is 3. The molecule has 5 nitrogen and oxygen atoms in total. The van der Waals surface area contributed by atoms with Gasteiger partial charge in [-0.05, 0) is 37.1 Å². The van der Waals surface area contributed by atoms with Crippen molar-refractivity contribution >= 4 is 11.8 Å². The van der Waals surface area contributed by atoms with Gasteiger partial charge in [0.25, 0.3) is 0 Å². The number of aryl methyl sites for hydroxylation is 2. The Bertz CT molecular complexity index is 939. The van der Waals surface area contributed by atoms with Crippen molar-refractivity contribution in [2.45, 2.75) is 30.9 Å². The third-order valence-electron chi connectivity index (χ3n) is 4.53. The fraction of sp³-hybridized carbons (Fsp3) is 0.300. The predicted molar refractivity (Wildman–Crippen MR) is 102 cm³/mol. The molecule has 2 heterocycles. The highest BCUT2D eigenvalue weighted by atomic mass is 32.2. The van der Waals surface area contributed by atoms with Crippen molar-refractivity contribution in [2.24, 2.45) is 7.05 Å². The molecule has 26 heavy (non-hydrogen) atoms. The second-order valence-electron chi connectivity index (χ2n) is 6.48. The molecule has 1 aliphatic rings. The topological polar surface area (TPSA) is 49.2 Å². The van der Waals surface area contributed by atoms with Gasteiger partial charge in [0, 0.05) is 12.8 Å². The van der Waals surface area contributed by atoms with Crippen LogP contribution >= 0.6 is 11.8 Å². The number of fused-ring (bicyclic) bond motifs is 1. The van der Waals surface area contributed by atoms with E-state index in [0.29, 0.717) is 6.61 Å². The molecule has 0 radical (unpaired) electrons. The Hall–Kier alpha value is -2.47. The minimum absolute atomic E-state index is 0.252. The summed E-state index contributed by atoms with van der Waals surface area (Å²) in [6.45, 7) is 4.69. The Morgan fingerprint density at radius 1 is 1.12 bits per heavy atom. The molecule has 1 aromatic heterocycles. The average Bonchev–Trinajstić information content (AvgIpc) is 3.02. The zero-order valence-electron chi connectivity index (χ0n) is 15.1. The molecule has 1 atom stereocenters. The first-order valence-corrected chi connectivity index (χ1v) is 9.57. The zero-order valence-corrected chi connectivity index (χ0v) is 15.9. The largest absolute Gasteiger partial charge is 0.485 e. The van der Waals surface area contributed by atoms with E-state index in [0.717, 1.165) is 28.2 Å². The van der Waals surface area contributed by atoms with Gasteiger partial charge in [-0.25, -0.2) is 0 Å². The van der Waals surface area contributed by atoms with E-state index in [-0.39, 0.29) is 6.10 Å². The van der Waals surface area contributed by atoms with Crippen molar-refractivity contribution in [3.05, 3.63) is 65.0 Å². The first-order chi connectivity index (χ1) is 12.6. The molecule has 1 unspecified atom stereocenters. The number of ether oxygens (including phenoxy) is 2. The van der Waals surface area contributed by atoms with Crippen LogP contribution in [0, 0.1) is 13.8 Å². The predicted octanol–water partition coefficient (Wildman–Crippen LogP) is 4.24. The highest BCUT2D eigenvalue weighted by Gasteiger charge is 2.27. The molecule has 0 saturated carbocycles. The van der Waals surface area contributed by atoms with Gasteiger partial charge in [0.05, 0.1) is 0 Å².